The summed E-state index contributed by atoms with van der Waals surface area (Å²) in [7, 11) is 4.43. The van der Waals surface area contributed by atoms with Crippen molar-refractivity contribution >= 4 is 11.6 Å². The highest BCUT2D eigenvalue weighted by Crippen LogP contribution is 2.44. The Bertz CT molecular complexity index is 930. The summed E-state index contributed by atoms with van der Waals surface area (Å²) in [4.78, 5) is 24.7. The Morgan fingerprint density at radius 2 is 0.857 bits per heavy atom. The third kappa shape index (κ3) is 5.21. The summed E-state index contributed by atoms with van der Waals surface area (Å²) in [5.74, 6) is 0.914. The van der Waals surface area contributed by atoms with Gasteiger partial charge in [-0.3, -0.25) is 9.59 Å². The average molecular weight is 610 g/mol. The maximum atomic E-state index is 12.4. The first-order valence-electron chi connectivity index (χ1n) is 12.1. The van der Waals surface area contributed by atoms with Gasteiger partial charge in [0.05, 0.1) is 51.1 Å². The number of rotatable bonds is 2. The van der Waals surface area contributed by atoms with E-state index >= 15 is 0 Å². The van der Waals surface area contributed by atoms with Crippen LogP contribution in [-0.2, 0) is 20.4 Å². The van der Waals surface area contributed by atoms with E-state index in [1.807, 2.05) is 12.1 Å². The molecule has 6 heterocycles. The van der Waals surface area contributed by atoms with E-state index < -0.39 is 0 Å². The highest BCUT2D eigenvalue weighted by molar-refractivity contribution is 5.92. The van der Waals surface area contributed by atoms with Gasteiger partial charge in [0.25, 0.3) is 0 Å². The molecular formula is C28H38Br2N2O3. The molecule has 0 saturated carbocycles. The van der Waals surface area contributed by atoms with Gasteiger partial charge >= 0.3 is 0 Å². The van der Waals surface area contributed by atoms with Crippen molar-refractivity contribution < 1.29 is 58.0 Å². The zero-order valence-electron chi connectivity index (χ0n) is 20.8. The van der Waals surface area contributed by atoms with Crippen LogP contribution in [0.2, 0.25) is 0 Å². The van der Waals surface area contributed by atoms with Crippen LogP contribution in [0.15, 0.2) is 60.7 Å². The average Bonchev–Trinajstić information content (AvgIpc) is 2.81. The summed E-state index contributed by atoms with van der Waals surface area (Å²) < 4.78 is 1.93. The van der Waals surface area contributed by atoms with Gasteiger partial charge in [0.15, 0.2) is 11.6 Å². The number of quaternary nitrogens is 2. The van der Waals surface area contributed by atoms with Crippen LogP contribution in [0.5, 0.6) is 0 Å². The van der Waals surface area contributed by atoms with Gasteiger partial charge in [-0.15, -0.1) is 0 Å². The van der Waals surface area contributed by atoms with Crippen molar-refractivity contribution in [1.29, 1.82) is 0 Å². The summed E-state index contributed by atoms with van der Waals surface area (Å²) in [6, 6.07) is 20.7. The van der Waals surface area contributed by atoms with Gasteiger partial charge in [-0.2, -0.15) is 0 Å². The zero-order valence-corrected chi connectivity index (χ0v) is 24.0. The molecule has 0 radical (unpaired) electrons. The third-order valence-corrected chi connectivity index (χ3v) is 9.08. The van der Waals surface area contributed by atoms with Gasteiger partial charge in [-0.25, -0.2) is 0 Å². The topological polar surface area (TPSA) is 65.6 Å². The molecule has 2 aromatic carbocycles. The predicted molar refractivity (Wildman–Crippen MR) is 130 cm³/mol. The highest BCUT2D eigenvalue weighted by atomic mass is 79.9. The Kier molecular flexibility index (Phi) is 9.32. The molecule has 35 heavy (non-hydrogen) atoms. The van der Waals surface area contributed by atoms with Crippen molar-refractivity contribution in [1.82, 2.24) is 0 Å². The first-order chi connectivity index (χ1) is 15.3. The minimum absolute atomic E-state index is 0. The molecular weight excluding hydrogens is 572 g/mol. The van der Waals surface area contributed by atoms with Crippen LogP contribution in [0.4, 0.5) is 0 Å². The Labute approximate surface area is 230 Å². The molecule has 0 spiro atoms. The predicted octanol–water partition coefficient (Wildman–Crippen LogP) is -3.32. The molecule has 5 nitrogen and oxygen atoms in total. The molecule has 0 aliphatic carbocycles. The molecule has 7 heteroatoms. The summed E-state index contributed by atoms with van der Waals surface area (Å²) in [5, 5.41) is 0. The molecule has 0 amide bonds. The van der Waals surface area contributed by atoms with Crippen molar-refractivity contribution in [2.75, 3.05) is 53.4 Å². The minimum Gasteiger partial charge on any atom is -1.00 e. The van der Waals surface area contributed by atoms with Gasteiger partial charge in [0.1, 0.15) is 13.1 Å². The van der Waals surface area contributed by atoms with Crippen LogP contribution in [0.25, 0.3) is 0 Å². The first kappa shape index (κ1) is 29.8. The molecule has 6 saturated heterocycles. The van der Waals surface area contributed by atoms with E-state index in [0.29, 0.717) is 11.6 Å². The van der Waals surface area contributed by atoms with E-state index in [2.05, 4.69) is 62.6 Å². The molecule has 6 aliphatic rings. The fraction of sp³-hybridized carbons (Fsp3) is 0.500. The molecule has 8 rings (SSSR count). The Morgan fingerprint density at radius 3 is 1.11 bits per heavy atom. The monoisotopic (exact) mass is 608 g/mol. The number of likely N-dealkylation sites (N-methyl/N-ethyl adjacent to an activating group) is 2. The van der Waals surface area contributed by atoms with Gasteiger partial charge in [-0.05, 0) is 11.1 Å². The highest BCUT2D eigenvalue weighted by Gasteiger charge is 2.55. The van der Waals surface area contributed by atoms with E-state index in [9.17, 15) is 9.59 Å². The largest absolute Gasteiger partial charge is 1.00 e. The van der Waals surface area contributed by atoms with Crippen LogP contribution >= 0.6 is 0 Å². The number of hydrogen-bond donors (Lipinski definition) is 0. The lowest BCUT2D eigenvalue weighted by atomic mass is 9.66. The number of nitrogens with zero attached hydrogens (tertiary/aromatic N) is 2. The molecule has 0 unspecified atom stereocenters. The number of hydrogen-bond acceptors (Lipinski definition) is 2. The summed E-state index contributed by atoms with van der Waals surface area (Å²) in [6.45, 7) is 6.08. The van der Waals surface area contributed by atoms with Gasteiger partial charge < -0.3 is 48.4 Å². The van der Waals surface area contributed by atoms with Crippen LogP contribution in [0.3, 0.4) is 0 Å². The van der Waals surface area contributed by atoms with Crippen LogP contribution in [-0.4, -0.2) is 79.4 Å². The molecule has 4 bridgehead atoms. The molecule has 0 aromatic heterocycles. The lowest BCUT2D eigenvalue weighted by Crippen LogP contribution is -3.00. The lowest BCUT2D eigenvalue weighted by molar-refractivity contribution is -0.913. The van der Waals surface area contributed by atoms with Gasteiger partial charge in [0.2, 0.25) is 0 Å². The minimum atomic E-state index is -0.142. The van der Waals surface area contributed by atoms with Crippen LogP contribution in [0.1, 0.15) is 36.8 Å². The number of carbonyl (C=O) groups is 2. The molecule has 2 N–H and O–H groups in total. The fourth-order valence-electron chi connectivity index (χ4n) is 6.60. The van der Waals surface area contributed by atoms with Crippen molar-refractivity contribution in [2.24, 2.45) is 0 Å². The van der Waals surface area contributed by atoms with Crippen molar-refractivity contribution in [3.05, 3.63) is 71.8 Å². The Morgan fingerprint density at radius 1 is 0.571 bits per heavy atom. The quantitative estimate of drug-likeness (QED) is 0.335. The summed E-state index contributed by atoms with van der Waals surface area (Å²) in [5.41, 5.74) is 2.20. The summed E-state index contributed by atoms with van der Waals surface area (Å²) in [6.07, 6.45) is 4.14. The third-order valence-electron chi connectivity index (χ3n) is 9.08. The summed E-state index contributed by atoms with van der Waals surface area (Å²) >= 11 is 0. The maximum absolute atomic E-state index is 12.4. The fourth-order valence-corrected chi connectivity index (χ4v) is 6.60. The molecule has 6 fully saturated rings. The number of Topliss-reactive ketones (excluding diaryl/α,β-unsaturated/α-hetero) is 2. The number of piperidine rings is 6. The van der Waals surface area contributed by atoms with E-state index in [-0.39, 0.29) is 50.3 Å². The second kappa shape index (κ2) is 10.9. The van der Waals surface area contributed by atoms with Crippen molar-refractivity contribution in [2.45, 2.75) is 36.5 Å². The SMILES string of the molecule is C[N+]12CCC(c3ccccc3)(CC1)C(=O)C2.C[N+]12CCC(c3ccccc3)(CC1)C(=O)C2.O.[Br-].[Br-]. The van der Waals surface area contributed by atoms with E-state index in [1.54, 1.807) is 0 Å². The lowest BCUT2D eigenvalue weighted by Gasteiger charge is -2.51. The number of carbonyl (C=O) groups excluding carboxylic acids is 2. The van der Waals surface area contributed by atoms with Crippen molar-refractivity contribution in [3.63, 3.8) is 0 Å². The van der Waals surface area contributed by atoms with Gasteiger partial charge in [0, 0.05) is 25.7 Å². The smallest absolute Gasteiger partial charge is 0.197 e. The van der Waals surface area contributed by atoms with Crippen LogP contribution in [0, 0.1) is 0 Å². The number of fused-ring (bicyclic) bond motifs is 6. The standard InChI is InChI=1S/2C14H18NO.2BrH.H2O/c2*1-15-9-7-14(8-10-15,13(16)11-15)12-5-3-2-4-6-12;;;/h2*2-6H,7-11H2,1H3;2*1H;1H2/q2*+1;;;/p-2. The van der Waals surface area contributed by atoms with E-state index in [4.69, 9.17) is 0 Å². The Hall–Kier alpha value is -1.38. The van der Waals surface area contributed by atoms with E-state index in [1.165, 1.54) is 11.1 Å². The first-order valence-corrected chi connectivity index (χ1v) is 12.1. The number of ketones is 2. The van der Waals surface area contributed by atoms with Crippen LogP contribution < -0.4 is 34.0 Å². The Balaban J connectivity index is 0.000000227. The molecule has 192 valence electrons. The number of benzene rings is 2. The van der Waals surface area contributed by atoms with Gasteiger partial charge in [-0.1, -0.05) is 60.7 Å². The van der Waals surface area contributed by atoms with Crippen molar-refractivity contribution in [3.8, 4) is 0 Å². The normalized spacial score (nSPS) is 34.5. The maximum Gasteiger partial charge on any atom is 0.197 e. The zero-order chi connectivity index (χ0) is 22.5. The second-order valence-corrected chi connectivity index (χ2v) is 11.2. The molecule has 2 aromatic rings. The molecule has 6 aliphatic heterocycles. The molecule has 0 atom stereocenters. The van der Waals surface area contributed by atoms with E-state index in [0.717, 1.165) is 73.9 Å². The second-order valence-electron chi connectivity index (χ2n) is 11.2. The number of halogens is 2.